The van der Waals surface area contributed by atoms with Crippen molar-refractivity contribution in [3.8, 4) is 0 Å². The molecule has 1 aliphatic carbocycles. The number of aryl methyl sites for hydroxylation is 3. The highest BCUT2D eigenvalue weighted by Gasteiger charge is 2.35. The summed E-state index contributed by atoms with van der Waals surface area (Å²) in [6.07, 6.45) is 4.75. The van der Waals surface area contributed by atoms with Crippen LogP contribution in [0.2, 0.25) is 0 Å². The molecule has 0 radical (unpaired) electrons. The van der Waals surface area contributed by atoms with Crippen LogP contribution in [0.4, 0.5) is 5.95 Å². The number of hydrogen-bond donors (Lipinski definition) is 0. The third-order valence-electron chi connectivity index (χ3n) is 6.85. The lowest BCUT2D eigenvalue weighted by molar-refractivity contribution is 0.279. The molecule has 3 aliphatic rings. The van der Waals surface area contributed by atoms with Gasteiger partial charge in [-0.25, -0.2) is 9.97 Å². The van der Waals surface area contributed by atoms with Crippen LogP contribution >= 0.6 is 0 Å². The van der Waals surface area contributed by atoms with Crippen LogP contribution in [0.3, 0.4) is 0 Å². The first kappa shape index (κ1) is 16.3. The van der Waals surface area contributed by atoms with Gasteiger partial charge >= 0.3 is 0 Å². The molecule has 5 heteroatoms. The predicted molar refractivity (Wildman–Crippen MR) is 110 cm³/mol. The van der Waals surface area contributed by atoms with Crippen LogP contribution < -0.4 is 10.5 Å². The van der Waals surface area contributed by atoms with E-state index >= 15 is 0 Å². The van der Waals surface area contributed by atoms with Crippen molar-refractivity contribution < 1.29 is 0 Å². The van der Waals surface area contributed by atoms with Crippen molar-refractivity contribution in [3.05, 3.63) is 63.2 Å². The normalized spacial score (nSPS) is 23.0. The van der Waals surface area contributed by atoms with Crippen molar-refractivity contribution in [2.45, 2.75) is 45.1 Å². The molecule has 2 aliphatic heterocycles. The van der Waals surface area contributed by atoms with Crippen molar-refractivity contribution in [2.75, 3.05) is 18.0 Å². The molecule has 1 saturated heterocycles. The van der Waals surface area contributed by atoms with Crippen LogP contribution in [0, 0.1) is 12.8 Å². The molecule has 0 N–H and O–H groups in total. The Hall–Kier alpha value is -2.69. The van der Waals surface area contributed by atoms with Gasteiger partial charge in [0.25, 0.3) is 5.56 Å². The van der Waals surface area contributed by atoms with Crippen LogP contribution in [0.5, 0.6) is 0 Å². The van der Waals surface area contributed by atoms with Crippen molar-refractivity contribution in [1.82, 2.24) is 14.5 Å². The quantitative estimate of drug-likeness (QED) is 0.658. The molecule has 0 saturated carbocycles. The third-order valence-corrected chi connectivity index (χ3v) is 6.85. The zero-order valence-electron chi connectivity index (χ0n) is 16.2. The van der Waals surface area contributed by atoms with E-state index in [1.165, 1.54) is 41.5 Å². The predicted octanol–water partition coefficient (Wildman–Crippen LogP) is 3.21. The molecule has 6 rings (SSSR count). The Labute approximate surface area is 164 Å². The molecule has 0 amide bonds. The molecule has 3 aromatic rings. The summed E-state index contributed by atoms with van der Waals surface area (Å²) in [6, 6.07) is 10.3. The number of nitrogens with zero attached hydrogens (tertiary/aromatic N) is 4. The van der Waals surface area contributed by atoms with Crippen LogP contribution in [-0.2, 0) is 19.4 Å². The Balaban J connectivity index is 1.40. The number of pyridine rings is 1. The van der Waals surface area contributed by atoms with E-state index in [-0.39, 0.29) is 5.56 Å². The first-order valence-electron chi connectivity index (χ1n) is 10.4. The molecule has 28 heavy (non-hydrogen) atoms. The first-order valence-corrected chi connectivity index (χ1v) is 10.4. The Kier molecular flexibility index (Phi) is 3.43. The second kappa shape index (κ2) is 5.90. The SMILES string of the molecule is Cc1nc(N2CC3CC(C2)c2cccc(=O)n2C3)nc2cc3c(cc12)CCC3. The van der Waals surface area contributed by atoms with Gasteiger partial charge in [0.15, 0.2) is 0 Å². The van der Waals surface area contributed by atoms with Gasteiger partial charge in [-0.2, -0.15) is 0 Å². The molecule has 2 atom stereocenters. The fourth-order valence-corrected chi connectivity index (χ4v) is 5.54. The summed E-state index contributed by atoms with van der Waals surface area (Å²) < 4.78 is 1.98. The minimum Gasteiger partial charge on any atom is -0.340 e. The van der Waals surface area contributed by atoms with E-state index in [4.69, 9.17) is 9.97 Å². The van der Waals surface area contributed by atoms with Gasteiger partial charge in [0.05, 0.1) is 11.2 Å². The summed E-state index contributed by atoms with van der Waals surface area (Å²) in [7, 11) is 0. The Morgan fingerprint density at radius 3 is 2.79 bits per heavy atom. The van der Waals surface area contributed by atoms with Crippen molar-refractivity contribution >= 4 is 16.9 Å². The molecular weight excluding hydrogens is 348 g/mol. The summed E-state index contributed by atoms with van der Waals surface area (Å²) in [5.41, 5.74) is 6.38. The number of aromatic nitrogens is 3. The zero-order chi connectivity index (χ0) is 18.8. The minimum atomic E-state index is 0.132. The lowest BCUT2D eigenvalue weighted by Crippen LogP contribution is -2.47. The topological polar surface area (TPSA) is 51.0 Å². The smallest absolute Gasteiger partial charge is 0.250 e. The third kappa shape index (κ3) is 2.42. The second-order valence-corrected chi connectivity index (χ2v) is 8.70. The number of benzene rings is 1. The number of piperidine rings is 1. The maximum Gasteiger partial charge on any atom is 0.250 e. The standard InChI is InChI=1S/C23H24N4O/c1-14-19-9-16-4-2-5-17(16)10-20(19)25-23(24-14)26-11-15-8-18(13-26)21-6-3-7-22(28)27(21)12-15/h3,6-7,9-10,15,18H,2,4-5,8,11-13H2,1H3. The zero-order valence-corrected chi connectivity index (χ0v) is 16.2. The Morgan fingerprint density at radius 1 is 1.04 bits per heavy atom. The van der Waals surface area contributed by atoms with Gasteiger partial charge in [-0.1, -0.05) is 6.07 Å². The van der Waals surface area contributed by atoms with Gasteiger partial charge < -0.3 is 9.47 Å². The maximum atomic E-state index is 12.3. The van der Waals surface area contributed by atoms with Gasteiger partial charge in [-0.15, -0.1) is 0 Å². The number of anilines is 1. The molecule has 1 aromatic carbocycles. The molecule has 2 aromatic heterocycles. The first-order chi connectivity index (χ1) is 13.7. The molecular formula is C23H24N4O. The fraction of sp³-hybridized carbons (Fsp3) is 0.435. The van der Waals surface area contributed by atoms with Gasteiger partial charge in [-0.3, -0.25) is 4.79 Å². The van der Waals surface area contributed by atoms with E-state index in [2.05, 4.69) is 30.0 Å². The Morgan fingerprint density at radius 2 is 1.89 bits per heavy atom. The van der Waals surface area contributed by atoms with Crippen LogP contribution in [0.15, 0.2) is 35.1 Å². The molecule has 142 valence electrons. The highest BCUT2D eigenvalue weighted by Crippen LogP contribution is 2.37. The highest BCUT2D eigenvalue weighted by molar-refractivity contribution is 5.84. The van der Waals surface area contributed by atoms with Gasteiger partial charge in [0.1, 0.15) is 0 Å². The summed E-state index contributed by atoms with van der Waals surface area (Å²) in [5.74, 6) is 1.70. The van der Waals surface area contributed by atoms with Gasteiger partial charge in [0.2, 0.25) is 5.95 Å². The minimum absolute atomic E-state index is 0.132. The van der Waals surface area contributed by atoms with Crippen LogP contribution in [0.25, 0.3) is 10.9 Å². The largest absolute Gasteiger partial charge is 0.340 e. The maximum absolute atomic E-state index is 12.3. The average Bonchev–Trinajstić information content (AvgIpc) is 3.15. The fourth-order valence-electron chi connectivity index (χ4n) is 5.54. The average molecular weight is 372 g/mol. The summed E-state index contributed by atoms with van der Waals surface area (Å²) in [6.45, 7) is 4.72. The highest BCUT2D eigenvalue weighted by atomic mass is 16.1. The molecule has 0 spiro atoms. The second-order valence-electron chi connectivity index (χ2n) is 8.70. The van der Waals surface area contributed by atoms with Gasteiger partial charge in [0, 0.05) is 42.7 Å². The molecule has 2 unspecified atom stereocenters. The molecule has 5 nitrogen and oxygen atoms in total. The molecule has 1 fully saturated rings. The van der Waals surface area contributed by atoms with E-state index in [0.717, 1.165) is 43.2 Å². The van der Waals surface area contributed by atoms with Crippen molar-refractivity contribution in [3.63, 3.8) is 0 Å². The van der Waals surface area contributed by atoms with E-state index in [1.54, 1.807) is 6.07 Å². The Bertz CT molecular complexity index is 1170. The molecule has 4 heterocycles. The van der Waals surface area contributed by atoms with Gasteiger partial charge in [-0.05, 0) is 67.9 Å². The van der Waals surface area contributed by atoms with E-state index < -0.39 is 0 Å². The van der Waals surface area contributed by atoms with E-state index in [1.807, 2.05) is 10.6 Å². The summed E-state index contributed by atoms with van der Waals surface area (Å²) >= 11 is 0. The van der Waals surface area contributed by atoms with Crippen LogP contribution in [-0.4, -0.2) is 27.6 Å². The van der Waals surface area contributed by atoms with Crippen LogP contribution in [0.1, 0.15) is 41.3 Å². The van der Waals surface area contributed by atoms with E-state index in [9.17, 15) is 4.79 Å². The van der Waals surface area contributed by atoms with Crippen molar-refractivity contribution in [2.24, 2.45) is 5.92 Å². The number of rotatable bonds is 1. The summed E-state index contributed by atoms with van der Waals surface area (Å²) in [5, 5.41) is 1.19. The lowest BCUT2D eigenvalue weighted by Gasteiger charge is -2.42. The monoisotopic (exact) mass is 372 g/mol. The molecule has 2 bridgehead atoms. The summed E-state index contributed by atoms with van der Waals surface area (Å²) in [4.78, 5) is 24.5. The number of hydrogen-bond acceptors (Lipinski definition) is 4. The van der Waals surface area contributed by atoms with E-state index in [0.29, 0.717) is 11.8 Å². The lowest BCUT2D eigenvalue weighted by atomic mass is 9.83. The number of fused-ring (bicyclic) bond motifs is 6. The van der Waals surface area contributed by atoms with Crippen molar-refractivity contribution in [1.29, 1.82) is 0 Å².